The van der Waals surface area contributed by atoms with E-state index in [0.717, 1.165) is 16.9 Å². The van der Waals surface area contributed by atoms with E-state index in [2.05, 4.69) is 5.32 Å². The number of nitrogens with zero attached hydrogens (tertiary/aromatic N) is 1. The maximum absolute atomic E-state index is 13.4. The topological polar surface area (TPSA) is 75.7 Å². The van der Waals surface area contributed by atoms with Crippen LogP contribution in [0.1, 0.15) is 30.5 Å². The molecule has 0 saturated heterocycles. The minimum atomic E-state index is -3.93. The summed E-state index contributed by atoms with van der Waals surface area (Å²) in [6.07, 6.45) is 0.661. The molecule has 168 valence electrons. The second-order valence-electron chi connectivity index (χ2n) is 7.41. The van der Waals surface area contributed by atoms with Gasteiger partial charge in [-0.2, -0.15) is 0 Å². The third-order valence-corrected chi connectivity index (χ3v) is 7.04. The molecule has 3 rings (SSSR count). The SMILES string of the molecule is CCC(NC(=O)CN(c1ccccc1C)S(=O)(=O)c1ccccc1)c1ccc(OC)cc1. The molecule has 1 amide bonds. The third-order valence-electron chi connectivity index (χ3n) is 5.26. The number of amides is 1. The molecule has 32 heavy (non-hydrogen) atoms. The summed E-state index contributed by atoms with van der Waals surface area (Å²) in [5.74, 6) is 0.352. The quantitative estimate of drug-likeness (QED) is 0.520. The van der Waals surface area contributed by atoms with Crippen LogP contribution in [0, 0.1) is 6.92 Å². The summed E-state index contributed by atoms with van der Waals surface area (Å²) < 4.78 is 33.3. The first-order valence-corrected chi connectivity index (χ1v) is 11.9. The lowest BCUT2D eigenvalue weighted by Crippen LogP contribution is -2.42. The normalized spacial score (nSPS) is 12.1. The highest BCUT2D eigenvalue weighted by molar-refractivity contribution is 7.92. The first kappa shape index (κ1) is 23.3. The van der Waals surface area contributed by atoms with E-state index in [1.165, 1.54) is 16.4 Å². The van der Waals surface area contributed by atoms with E-state index in [1.54, 1.807) is 37.4 Å². The van der Waals surface area contributed by atoms with E-state index in [0.29, 0.717) is 12.1 Å². The number of rotatable bonds is 9. The number of sulfonamides is 1. The van der Waals surface area contributed by atoms with Gasteiger partial charge in [0.2, 0.25) is 5.91 Å². The van der Waals surface area contributed by atoms with Crippen molar-refractivity contribution in [2.24, 2.45) is 0 Å². The van der Waals surface area contributed by atoms with Gasteiger partial charge in [-0.15, -0.1) is 0 Å². The van der Waals surface area contributed by atoms with Gasteiger partial charge in [0, 0.05) is 0 Å². The molecule has 0 aliphatic rings. The highest BCUT2D eigenvalue weighted by Gasteiger charge is 2.28. The van der Waals surface area contributed by atoms with Crippen LogP contribution in [-0.2, 0) is 14.8 Å². The summed E-state index contributed by atoms with van der Waals surface area (Å²) in [6.45, 7) is 3.47. The van der Waals surface area contributed by atoms with Crippen molar-refractivity contribution in [1.82, 2.24) is 5.32 Å². The van der Waals surface area contributed by atoms with Gasteiger partial charge in [-0.3, -0.25) is 9.10 Å². The number of benzene rings is 3. The number of carbonyl (C=O) groups is 1. The summed E-state index contributed by atoms with van der Waals surface area (Å²) in [7, 11) is -2.33. The summed E-state index contributed by atoms with van der Waals surface area (Å²) in [6, 6.07) is 22.5. The minimum Gasteiger partial charge on any atom is -0.497 e. The lowest BCUT2D eigenvalue weighted by Gasteiger charge is -2.27. The lowest BCUT2D eigenvalue weighted by molar-refractivity contribution is -0.120. The molecule has 7 heteroatoms. The van der Waals surface area contributed by atoms with Crippen molar-refractivity contribution in [3.05, 3.63) is 90.0 Å². The number of hydrogen-bond donors (Lipinski definition) is 1. The van der Waals surface area contributed by atoms with E-state index >= 15 is 0 Å². The Bertz CT molecular complexity index is 1150. The number of aryl methyl sites for hydroxylation is 1. The average Bonchev–Trinajstić information content (AvgIpc) is 2.82. The van der Waals surface area contributed by atoms with Crippen LogP contribution in [0.4, 0.5) is 5.69 Å². The van der Waals surface area contributed by atoms with Gasteiger partial charge in [-0.05, 0) is 54.8 Å². The molecular formula is C25H28N2O4S. The summed E-state index contributed by atoms with van der Waals surface area (Å²) in [4.78, 5) is 13.2. The molecule has 0 fully saturated rings. The van der Waals surface area contributed by atoms with Crippen LogP contribution in [0.2, 0.25) is 0 Å². The highest BCUT2D eigenvalue weighted by Crippen LogP contribution is 2.27. The molecule has 0 bridgehead atoms. The van der Waals surface area contributed by atoms with Crippen LogP contribution in [0.15, 0.2) is 83.8 Å². The predicted molar refractivity (Wildman–Crippen MR) is 126 cm³/mol. The fraction of sp³-hybridized carbons (Fsp3) is 0.240. The van der Waals surface area contributed by atoms with Crippen molar-refractivity contribution in [1.29, 1.82) is 0 Å². The first-order chi connectivity index (χ1) is 15.4. The Morgan fingerprint density at radius 3 is 2.19 bits per heavy atom. The van der Waals surface area contributed by atoms with Crippen LogP contribution in [0.5, 0.6) is 5.75 Å². The minimum absolute atomic E-state index is 0.137. The standard InChI is InChI=1S/C25H28N2O4S/c1-4-23(20-14-16-21(31-3)17-15-20)26-25(28)18-27(24-13-9-8-10-19(24)2)32(29,30)22-11-6-5-7-12-22/h5-17,23H,4,18H2,1-3H3,(H,26,28). The van der Waals surface area contributed by atoms with Gasteiger partial charge >= 0.3 is 0 Å². The number of ether oxygens (including phenoxy) is 1. The molecule has 3 aromatic carbocycles. The van der Waals surface area contributed by atoms with Crippen molar-refractivity contribution < 1.29 is 17.9 Å². The van der Waals surface area contributed by atoms with Gasteiger partial charge in [0.05, 0.1) is 23.7 Å². The molecule has 0 heterocycles. The van der Waals surface area contributed by atoms with Crippen molar-refractivity contribution in [2.75, 3.05) is 18.0 Å². The molecule has 1 unspecified atom stereocenters. The Balaban J connectivity index is 1.89. The number of anilines is 1. The molecular weight excluding hydrogens is 424 g/mol. The zero-order chi connectivity index (χ0) is 23.1. The van der Waals surface area contributed by atoms with Crippen LogP contribution in [0.3, 0.4) is 0 Å². The molecule has 1 N–H and O–H groups in total. The Labute approximate surface area is 189 Å². The summed E-state index contributed by atoms with van der Waals surface area (Å²) in [5, 5.41) is 2.98. The van der Waals surface area contributed by atoms with Gasteiger partial charge in [0.1, 0.15) is 12.3 Å². The van der Waals surface area contributed by atoms with E-state index < -0.39 is 10.0 Å². The molecule has 1 atom stereocenters. The largest absolute Gasteiger partial charge is 0.497 e. The fourth-order valence-electron chi connectivity index (χ4n) is 3.49. The van der Waals surface area contributed by atoms with Crippen LogP contribution < -0.4 is 14.4 Å². The molecule has 0 aliphatic carbocycles. The highest BCUT2D eigenvalue weighted by atomic mass is 32.2. The second kappa shape index (κ2) is 10.3. The van der Waals surface area contributed by atoms with Crippen LogP contribution >= 0.6 is 0 Å². The molecule has 0 spiro atoms. The van der Waals surface area contributed by atoms with Gasteiger partial charge in [-0.25, -0.2) is 8.42 Å². The molecule has 0 radical (unpaired) electrons. The maximum Gasteiger partial charge on any atom is 0.264 e. The van der Waals surface area contributed by atoms with Gasteiger partial charge in [0.15, 0.2) is 0 Å². The Hall–Kier alpha value is -3.32. The second-order valence-corrected chi connectivity index (χ2v) is 9.28. The molecule has 0 aliphatic heterocycles. The van der Waals surface area contributed by atoms with E-state index in [-0.39, 0.29) is 23.4 Å². The van der Waals surface area contributed by atoms with Crippen molar-refractivity contribution >= 4 is 21.6 Å². The number of methoxy groups -OCH3 is 1. The van der Waals surface area contributed by atoms with Crippen molar-refractivity contribution in [2.45, 2.75) is 31.2 Å². The number of para-hydroxylation sites is 1. The van der Waals surface area contributed by atoms with Crippen LogP contribution in [0.25, 0.3) is 0 Å². The monoisotopic (exact) mass is 452 g/mol. The summed E-state index contributed by atoms with van der Waals surface area (Å²) in [5.41, 5.74) is 2.17. The maximum atomic E-state index is 13.4. The Morgan fingerprint density at radius 2 is 1.59 bits per heavy atom. The lowest BCUT2D eigenvalue weighted by atomic mass is 10.0. The Kier molecular flexibility index (Phi) is 7.53. The van der Waals surface area contributed by atoms with Crippen molar-refractivity contribution in [3.8, 4) is 5.75 Å². The zero-order valence-electron chi connectivity index (χ0n) is 18.5. The third kappa shape index (κ3) is 5.29. The number of nitrogens with one attached hydrogen (secondary N) is 1. The number of hydrogen-bond acceptors (Lipinski definition) is 4. The summed E-state index contributed by atoms with van der Waals surface area (Å²) >= 11 is 0. The molecule has 0 aromatic heterocycles. The zero-order valence-corrected chi connectivity index (χ0v) is 19.3. The van der Waals surface area contributed by atoms with Gasteiger partial charge < -0.3 is 10.1 Å². The number of carbonyl (C=O) groups excluding carboxylic acids is 1. The molecule has 0 saturated carbocycles. The first-order valence-electron chi connectivity index (χ1n) is 10.4. The van der Waals surface area contributed by atoms with Gasteiger partial charge in [-0.1, -0.05) is 55.5 Å². The molecule has 3 aromatic rings. The fourth-order valence-corrected chi connectivity index (χ4v) is 5.00. The predicted octanol–water partition coefficient (Wildman–Crippen LogP) is 4.47. The smallest absolute Gasteiger partial charge is 0.264 e. The Morgan fingerprint density at radius 1 is 0.969 bits per heavy atom. The molecule has 6 nitrogen and oxygen atoms in total. The van der Waals surface area contributed by atoms with Crippen molar-refractivity contribution in [3.63, 3.8) is 0 Å². The van der Waals surface area contributed by atoms with E-state index in [9.17, 15) is 13.2 Å². The van der Waals surface area contributed by atoms with Crippen LogP contribution in [-0.4, -0.2) is 28.0 Å². The van der Waals surface area contributed by atoms with E-state index in [1.807, 2.05) is 50.2 Å². The van der Waals surface area contributed by atoms with E-state index in [4.69, 9.17) is 4.74 Å². The average molecular weight is 453 g/mol. The van der Waals surface area contributed by atoms with Gasteiger partial charge in [0.25, 0.3) is 10.0 Å².